The molecule has 0 spiro atoms. The standard InChI is InChI=1S/C10H11N3O2S3/c1-12-9(13(2)17-10(12)16)11-18(14,15)8-6-4-3-5-7-8/h3-7H,1-2H3/b11-9-. The van der Waals surface area contributed by atoms with Gasteiger partial charge in [-0.2, -0.15) is 8.42 Å². The number of hydrogen-bond acceptors (Lipinski definition) is 4. The Bertz CT molecular complexity index is 782. The highest BCUT2D eigenvalue weighted by molar-refractivity contribution is 7.90. The van der Waals surface area contributed by atoms with E-state index in [1.165, 1.54) is 23.7 Å². The normalized spacial score (nSPS) is 12.9. The van der Waals surface area contributed by atoms with E-state index in [4.69, 9.17) is 12.2 Å². The Balaban J connectivity index is 2.68. The Morgan fingerprint density at radius 3 is 2.33 bits per heavy atom. The van der Waals surface area contributed by atoms with E-state index in [9.17, 15) is 8.42 Å². The minimum Gasteiger partial charge on any atom is -0.295 e. The molecular weight excluding hydrogens is 290 g/mol. The van der Waals surface area contributed by atoms with Crippen LogP contribution in [0.3, 0.4) is 0 Å². The summed E-state index contributed by atoms with van der Waals surface area (Å²) in [5.74, 6) is 0. The van der Waals surface area contributed by atoms with Crippen molar-refractivity contribution in [3.63, 3.8) is 0 Å². The molecule has 0 radical (unpaired) electrons. The second kappa shape index (κ2) is 4.79. The predicted molar refractivity (Wildman–Crippen MR) is 72.3 cm³/mol. The molecule has 1 heterocycles. The lowest BCUT2D eigenvalue weighted by atomic mass is 10.4. The fourth-order valence-electron chi connectivity index (χ4n) is 1.38. The summed E-state index contributed by atoms with van der Waals surface area (Å²) in [5.41, 5.74) is 0.314. The van der Waals surface area contributed by atoms with E-state index < -0.39 is 10.0 Å². The number of hydrogen-bond donors (Lipinski definition) is 0. The summed E-state index contributed by atoms with van der Waals surface area (Å²) in [6, 6.07) is 8.10. The van der Waals surface area contributed by atoms with Crippen molar-refractivity contribution in [3.05, 3.63) is 39.9 Å². The molecule has 0 bridgehead atoms. The van der Waals surface area contributed by atoms with E-state index in [2.05, 4.69) is 4.40 Å². The average Bonchev–Trinajstić information content (AvgIpc) is 2.57. The molecule has 0 aliphatic carbocycles. The van der Waals surface area contributed by atoms with Gasteiger partial charge in [-0.15, -0.1) is 4.40 Å². The first-order chi connectivity index (χ1) is 8.42. The summed E-state index contributed by atoms with van der Waals surface area (Å²) in [7, 11) is -0.287. The first-order valence-corrected chi connectivity index (χ1v) is 7.63. The molecule has 0 aliphatic rings. The first kappa shape index (κ1) is 13.2. The molecule has 0 N–H and O–H groups in total. The highest BCUT2D eigenvalue weighted by Gasteiger charge is 2.12. The van der Waals surface area contributed by atoms with Crippen molar-refractivity contribution in [2.24, 2.45) is 18.5 Å². The SMILES string of the molecule is Cn1sc(=S)n(C)/c1=N/S(=O)(=O)c1ccccc1. The fourth-order valence-corrected chi connectivity index (χ4v) is 3.60. The molecule has 1 aromatic carbocycles. The molecule has 0 amide bonds. The van der Waals surface area contributed by atoms with Gasteiger partial charge in [-0.25, -0.2) is 0 Å². The van der Waals surface area contributed by atoms with Gasteiger partial charge >= 0.3 is 0 Å². The third kappa shape index (κ3) is 2.45. The molecule has 0 unspecified atom stereocenters. The van der Waals surface area contributed by atoms with Gasteiger partial charge in [0.05, 0.1) is 4.90 Å². The molecule has 2 rings (SSSR count). The first-order valence-electron chi connectivity index (χ1n) is 5.01. The van der Waals surface area contributed by atoms with Gasteiger partial charge < -0.3 is 0 Å². The molecule has 2 aromatic rings. The Morgan fingerprint density at radius 2 is 1.83 bits per heavy atom. The molecule has 0 aliphatic heterocycles. The van der Waals surface area contributed by atoms with Gasteiger partial charge in [0.15, 0.2) is 3.95 Å². The molecule has 0 fully saturated rings. The van der Waals surface area contributed by atoms with Gasteiger partial charge in [0.1, 0.15) is 0 Å². The second-order valence-corrected chi connectivity index (χ2v) is 6.96. The number of rotatable bonds is 2. The lowest BCUT2D eigenvalue weighted by Crippen LogP contribution is -2.23. The van der Waals surface area contributed by atoms with Crippen molar-refractivity contribution in [2.75, 3.05) is 0 Å². The second-order valence-electron chi connectivity index (χ2n) is 3.59. The molecular formula is C10H11N3O2S3. The van der Waals surface area contributed by atoms with Crippen LogP contribution in [0, 0.1) is 3.95 Å². The van der Waals surface area contributed by atoms with Crippen molar-refractivity contribution in [1.82, 2.24) is 8.52 Å². The molecule has 18 heavy (non-hydrogen) atoms. The maximum absolute atomic E-state index is 12.1. The Hall–Kier alpha value is -1.25. The number of benzene rings is 1. The van der Waals surface area contributed by atoms with Crippen LogP contribution in [-0.4, -0.2) is 16.9 Å². The lowest BCUT2D eigenvalue weighted by Gasteiger charge is -1.98. The topological polar surface area (TPSA) is 56.4 Å². The summed E-state index contributed by atoms with van der Waals surface area (Å²) < 4.78 is 31.8. The third-order valence-corrected chi connectivity index (χ3v) is 4.95. The van der Waals surface area contributed by atoms with Crippen molar-refractivity contribution < 1.29 is 8.42 Å². The quantitative estimate of drug-likeness (QED) is 0.789. The van der Waals surface area contributed by atoms with E-state index >= 15 is 0 Å². The smallest absolute Gasteiger partial charge is 0.285 e. The zero-order valence-corrected chi connectivity index (χ0v) is 12.2. The predicted octanol–water partition coefficient (Wildman–Crippen LogP) is 1.44. The zero-order chi connectivity index (χ0) is 13.3. The maximum atomic E-state index is 12.1. The highest BCUT2D eigenvalue weighted by atomic mass is 32.2. The molecule has 1 aromatic heterocycles. The number of sulfonamides is 1. The van der Waals surface area contributed by atoms with Gasteiger partial charge in [0, 0.05) is 14.1 Å². The van der Waals surface area contributed by atoms with Crippen LogP contribution in [0.5, 0.6) is 0 Å². The minimum absolute atomic E-state index is 0.169. The van der Waals surface area contributed by atoms with Crippen LogP contribution in [0.15, 0.2) is 39.6 Å². The van der Waals surface area contributed by atoms with E-state index in [1.807, 2.05) is 0 Å². The summed E-state index contributed by atoms with van der Waals surface area (Å²) in [6.07, 6.45) is 0. The van der Waals surface area contributed by atoms with Crippen LogP contribution in [-0.2, 0) is 24.1 Å². The largest absolute Gasteiger partial charge is 0.295 e. The van der Waals surface area contributed by atoms with Gasteiger partial charge in [0.2, 0.25) is 5.62 Å². The Kier molecular flexibility index (Phi) is 3.51. The van der Waals surface area contributed by atoms with Crippen LogP contribution in [0.2, 0.25) is 0 Å². The van der Waals surface area contributed by atoms with Crippen molar-refractivity contribution >= 4 is 33.8 Å². The Labute approximate surface area is 114 Å². The van der Waals surface area contributed by atoms with Gasteiger partial charge in [-0.3, -0.25) is 8.52 Å². The molecule has 0 atom stereocenters. The molecule has 8 heteroatoms. The third-order valence-electron chi connectivity index (χ3n) is 2.31. The lowest BCUT2D eigenvalue weighted by molar-refractivity contribution is 0.593. The van der Waals surface area contributed by atoms with Crippen LogP contribution in [0.1, 0.15) is 0 Å². The van der Waals surface area contributed by atoms with Crippen molar-refractivity contribution in [1.29, 1.82) is 0 Å². The zero-order valence-electron chi connectivity index (χ0n) is 9.77. The fraction of sp³-hybridized carbons (Fsp3) is 0.200. The molecule has 0 saturated carbocycles. The molecule has 0 saturated heterocycles. The van der Waals surface area contributed by atoms with Crippen molar-refractivity contribution in [2.45, 2.75) is 4.90 Å². The van der Waals surface area contributed by atoms with E-state index in [0.717, 1.165) is 0 Å². The number of nitrogens with zero attached hydrogens (tertiary/aromatic N) is 3. The summed E-state index contributed by atoms with van der Waals surface area (Å²) in [4.78, 5) is 0.169. The van der Waals surface area contributed by atoms with Crippen molar-refractivity contribution in [3.8, 4) is 0 Å². The Morgan fingerprint density at radius 1 is 1.22 bits per heavy atom. The van der Waals surface area contributed by atoms with Crippen LogP contribution in [0.25, 0.3) is 0 Å². The highest BCUT2D eigenvalue weighted by Crippen LogP contribution is 2.10. The molecule has 96 valence electrons. The molecule has 5 nitrogen and oxygen atoms in total. The van der Waals surface area contributed by atoms with E-state index in [0.29, 0.717) is 9.57 Å². The van der Waals surface area contributed by atoms with E-state index in [-0.39, 0.29) is 4.90 Å². The number of aryl methyl sites for hydroxylation is 1. The van der Waals surface area contributed by atoms with Gasteiger partial charge in [0.25, 0.3) is 10.0 Å². The summed E-state index contributed by atoms with van der Waals surface area (Å²) >= 11 is 6.34. The minimum atomic E-state index is -3.70. The van der Waals surface area contributed by atoms with Crippen LogP contribution < -0.4 is 5.62 Å². The number of aromatic nitrogens is 2. The average molecular weight is 301 g/mol. The van der Waals surface area contributed by atoms with E-state index in [1.54, 1.807) is 40.8 Å². The van der Waals surface area contributed by atoms with Gasteiger partial charge in [-0.1, -0.05) is 18.2 Å². The summed E-state index contributed by atoms with van der Waals surface area (Å²) in [5, 5.41) is 0. The summed E-state index contributed by atoms with van der Waals surface area (Å²) in [6.45, 7) is 0. The van der Waals surface area contributed by atoms with Crippen LogP contribution in [0.4, 0.5) is 0 Å². The van der Waals surface area contributed by atoms with Gasteiger partial charge in [-0.05, 0) is 35.9 Å². The van der Waals surface area contributed by atoms with Crippen LogP contribution >= 0.6 is 23.8 Å². The monoisotopic (exact) mass is 301 g/mol. The maximum Gasteiger partial charge on any atom is 0.285 e.